The van der Waals surface area contributed by atoms with Gasteiger partial charge in [0.15, 0.2) is 0 Å². The van der Waals surface area contributed by atoms with Crippen LogP contribution in [-0.4, -0.2) is 38.8 Å². The molecule has 1 aromatic carbocycles. The fraction of sp³-hybridized carbons (Fsp3) is 0.533. The third kappa shape index (κ3) is 3.83. The van der Waals surface area contributed by atoms with Crippen molar-refractivity contribution in [1.29, 1.82) is 0 Å². The first-order valence-corrected chi connectivity index (χ1v) is 8.82. The van der Waals surface area contributed by atoms with Gasteiger partial charge in [-0.1, -0.05) is 19.3 Å². The molecule has 0 aliphatic carbocycles. The van der Waals surface area contributed by atoms with Crippen molar-refractivity contribution in [3.05, 3.63) is 29.8 Å². The van der Waals surface area contributed by atoms with Gasteiger partial charge in [0.2, 0.25) is 10.0 Å². The molecule has 1 heterocycles. The molecular formula is C15H22N2O3S. The number of amides is 1. The fourth-order valence-corrected chi connectivity index (χ4v) is 4.05. The van der Waals surface area contributed by atoms with E-state index in [-0.39, 0.29) is 10.8 Å². The summed E-state index contributed by atoms with van der Waals surface area (Å²) in [6.45, 7) is 1.17. The number of carbonyl (C=O) groups is 1. The highest BCUT2D eigenvalue weighted by Crippen LogP contribution is 2.20. The Kier molecular flexibility index (Phi) is 5.36. The van der Waals surface area contributed by atoms with Gasteiger partial charge in [0.25, 0.3) is 5.91 Å². The Morgan fingerprint density at radius 2 is 1.52 bits per heavy atom. The molecule has 21 heavy (non-hydrogen) atoms. The van der Waals surface area contributed by atoms with Crippen LogP contribution in [0.1, 0.15) is 42.5 Å². The summed E-state index contributed by atoms with van der Waals surface area (Å²) in [5.74, 6) is -0.217. The second kappa shape index (κ2) is 7.04. The number of benzene rings is 1. The summed E-state index contributed by atoms with van der Waals surface area (Å²) in [5, 5.41) is 2.52. The van der Waals surface area contributed by atoms with E-state index in [9.17, 15) is 13.2 Å². The lowest BCUT2D eigenvalue weighted by molar-refractivity contribution is 0.0963. The van der Waals surface area contributed by atoms with Crippen molar-refractivity contribution in [3.8, 4) is 0 Å². The lowest BCUT2D eigenvalue weighted by Crippen LogP contribution is -2.33. The van der Waals surface area contributed by atoms with E-state index in [0.29, 0.717) is 18.7 Å². The van der Waals surface area contributed by atoms with E-state index in [1.807, 2.05) is 0 Å². The van der Waals surface area contributed by atoms with Crippen molar-refractivity contribution in [1.82, 2.24) is 9.62 Å². The van der Waals surface area contributed by atoms with E-state index in [1.54, 1.807) is 23.5 Å². The van der Waals surface area contributed by atoms with E-state index in [1.165, 1.54) is 18.6 Å². The van der Waals surface area contributed by atoms with Crippen LogP contribution < -0.4 is 5.32 Å². The van der Waals surface area contributed by atoms with Crippen molar-refractivity contribution in [2.45, 2.75) is 37.0 Å². The van der Waals surface area contributed by atoms with E-state index in [4.69, 9.17) is 0 Å². The predicted octanol–water partition coefficient (Wildman–Crippen LogP) is 2.00. The van der Waals surface area contributed by atoms with Crippen LogP contribution in [0, 0.1) is 0 Å². The largest absolute Gasteiger partial charge is 0.355 e. The molecule has 1 aliphatic heterocycles. The first-order valence-electron chi connectivity index (χ1n) is 7.38. The summed E-state index contributed by atoms with van der Waals surface area (Å²) in [7, 11) is -1.90. The summed E-state index contributed by atoms with van der Waals surface area (Å²) in [6.07, 6.45) is 5.18. The molecular weight excluding hydrogens is 288 g/mol. The summed E-state index contributed by atoms with van der Waals surface area (Å²) in [5.41, 5.74) is 0.462. The molecule has 0 atom stereocenters. The van der Waals surface area contributed by atoms with Crippen LogP contribution in [-0.2, 0) is 10.0 Å². The van der Waals surface area contributed by atoms with Crippen molar-refractivity contribution in [2.24, 2.45) is 0 Å². The van der Waals surface area contributed by atoms with Gasteiger partial charge in [-0.25, -0.2) is 8.42 Å². The number of sulfonamides is 1. The van der Waals surface area contributed by atoms with Gasteiger partial charge in [-0.3, -0.25) is 4.79 Å². The number of nitrogens with zero attached hydrogens (tertiary/aromatic N) is 1. The molecule has 0 radical (unpaired) electrons. The Morgan fingerprint density at radius 1 is 1.00 bits per heavy atom. The van der Waals surface area contributed by atoms with Crippen LogP contribution in [0.25, 0.3) is 0 Å². The summed E-state index contributed by atoms with van der Waals surface area (Å²) < 4.78 is 26.8. The van der Waals surface area contributed by atoms with Gasteiger partial charge in [-0.2, -0.15) is 4.31 Å². The molecule has 1 amide bonds. The number of hydrogen-bond donors (Lipinski definition) is 1. The van der Waals surface area contributed by atoms with Crippen molar-refractivity contribution >= 4 is 15.9 Å². The maximum atomic E-state index is 12.6. The van der Waals surface area contributed by atoms with E-state index < -0.39 is 10.0 Å². The Bertz CT molecular complexity index is 573. The predicted molar refractivity (Wildman–Crippen MR) is 81.7 cm³/mol. The van der Waals surface area contributed by atoms with Gasteiger partial charge in [0, 0.05) is 25.7 Å². The summed E-state index contributed by atoms with van der Waals surface area (Å²) in [6, 6.07) is 6.13. The second-order valence-electron chi connectivity index (χ2n) is 5.28. The highest BCUT2D eigenvalue weighted by atomic mass is 32.2. The second-order valence-corrected chi connectivity index (χ2v) is 7.21. The first-order chi connectivity index (χ1) is 10.1. The monoisotopic (exact) mass is 310 g/mol. The number of rotatable bonds is 3. The van der Waals surface area contributed by atoms with Gasteiger partial charge in [0.05, 0.1) is 4.90 Å². The minimum absolute atomic E-state index is 0.217. The number of carbonyl (C=O) groups excluding carboxylic acids is 1. The molecule has 116 valence electrons. The lowest BCUT2D eigenvalue weighted by Gasteiger charge is -2.24. The molecule has 6 heteroatoms. The Labute approximate surface area is 126 Å². The minimum Gasteiger partial charge on any atom is -0.355 e. The number of nitrogens with one attached hydrogen (secondary N) is 1. The molecule has 1 aliphatic rings. The van der Waals surface area contributed by atoms with Gasteiger partial charge in [0.1, 0.15) is 0 Å². The third-order valence-corrected chi connectivity index (χ3v) is 5.71. The Balaban J connectivity index is 2.19. The van der Waals surface area contributed by atoms with Crippen LogP contribution in [0.15, 0.2) is 29.2 Å². The Morgan fingerprint density at radius 3 is 2.05 bits per heavy atom. The van der Waals surface area contributed by atoms with Crippen LogP contribution in [0.2, 0.25) is 0 Å². The summed E-state index contributed by atoms with van der Waals surface area (Å²) >= 11 is 0. The zero-order chi connectivity index (χ0) is 15.3. The van der Waals surface area contributed by atoms with Gasteiger partial charge in [-0.15, -0.1) is 0 Å². The highest BCUT2D eigenvalue weighted by Gasteiger charge is 2.24. The van der Waals surface area contributed by atoms with Gasteiger partial charge < -0.3 is 5.32 Å². The zero-order valence-corrected chi connectivity index (χ0v) is 13.2. The molecule has 0 unspecified atom stereocenters. The van der Waals surface area contributed by atoms with Gasteiger partial charge >= 0.3 is 0 Å². The quantitative estimate of drug-likeness (QED) is 0.928. The SMILES string of the molecule is CNC(=O)c1ccc(S(=O)(=O)N2CCCCCCC2)cc1. The topological polar surface area (TPSA) is 66.5 Å². The summed E-state index contributed by atoms with van der Waals surface area (Å²) in [4.78, 5) is 11.7. The van der Waals surface area contributed by atoms with Crippen LogP contribution in [0.3, 0.4) is 0 Å². The maximum absolute atomic E-state index is 12.6. The lowest BCUT2D eigenvalue weighted by atomic mass is 10.1. The van der Waals surface area contributed by atoms with Crippen LogP contribution >= 0.6 is 0 Å². The molecule has 0 saturated carbocycles. The molecule has 1 fully saturated rings. The first kappa shape index (κ1) is 16.0. The maximum Gasteiger partial charge on any atom is 0.251 e. The molecule has 0 aromatic heterocycles. The van der Waals surface area contributed by atoms with E-state index in [2.05, 4.69) is 5.32 Å². The van der Waals surface area contributed by atoms with E-state index in [0.717, 1.165) is 25.7 Å². The van der Waals surface area contributed by atoms with Crippen molar-refractivity contribution in [2.75, 3.05) is 20.1 Å². The molecule has 0 spiro atoms. The smallest absolute Gasteiger partial charge is 0.251 e. The molecule has 1 saturated heterocycles. The minimum atomic E-state index is -3.45. The zero-order valence-electron chi connectivity index (χ0n) is 12.3. The average Bonchev–Trinajstić information content (AvgIpc) is 2.46. The molecule has 2 rings (SSSR count). The third-order valence-electron chi connectivity index (χ3n) is 3.80. The molecule has 1 N–H and O–H groups in total. The van der Waals surface area contributed by atoms with Crippen molar-refractivity contribution in [3.63, 3.8) is 0 Å². The van der Waals surface area contributed by atoms with E-state index >= 15 is 0 Å². The van der Waals surface area contributed by atoms with Crippen molar-refractivity contribution < 1.29 is 13.2 Å². The number of hydrogen-bond acceptors (Lipinski definition) is 3. The molecule has 0 bridgehead atoms. The fourth-order valence-electron chi connectivity index (χ4n) is 2.53. The highest BCUT2D eigenvalue weighted by molar-refractivity contribution is 7.89. The Hall–Kier alpha value is -1.40. The normalized spacial score (nSPS) is 17.8. The molecule has 5 nitrogen and oxygen atoms in total. The standard InChI is InChI=1S/C15H22N2O3S/c1-16-15(18)13-7-9-14(10-8-13)21(19,20)17-11-5-3-2-4-6-12-17/h7-10H,2-6,11-12H2,1H3,(H,16,18). The average molecular weight is 310 g/mol. The van der Waals surface area contributed by atoms with Crippen LogP contribution in [0.5, 0.6) is 0 Å². The molecule has 1 aromatic rings. The van der Waals surface area contributed by atoms with Crippen LogP contribution in [0.4, 0.5) is 0 Å². The van der Waals surface area contributed by atoms with Gasteiger partial charge in [-0.05, 0) is 37.1 Å².